The molecule has 0 bridgehead atoms. The molecule has 0 aliphatic heterocycles. The van der Waals surface area contributed by atoms with E-state index < -0.39 is 0 Å². The standard InChI is InChI=1S/C13H13N3OS2/c14-5-1-2-10-4-7-19-12(10)13(17)15-6-3-11-8-18-9-16-11/h4,7-9H,3,5-6,14H2,(H,15,17). The summed E-state index contributed by atoms with van der Waals surface area (Å²) in [5.74, 6) is 5.57. The summed E-state index contributed by atoms with van der Waals surface area (Å²) in [7, 11) is 0. The Morgan fingerprint density at radius 3 is 3.16 bits per heavy atom. The van der Waals surface area contributed by atoms with E-state index in [9.17, 15) is 4.79 Å². The van der Waals surface area contributed by atoms with Crippen molar-refractivity contribution in [3.8, 4) is 11.8 Å². The van der Waals surface area contributed by atoms with Crippen molar-refractivity contribution in [2.24, 2.45) is 5.73 Å². The fourth-order valence-electron chi connectivity index (χ4n) is 1.48. The third kappa shape index (κ3) is 3.89. The first kappa shape index (κ1) is 13.7. The summed E-state index contributed by atoms with van der Waals surface area (Å²) < 4.78 is 0. The number of hydrogen-bond acceptors (Lipinski definition) is 5. The van der Waals surface area contributed by atoms with E-state index in [4.69, 9.17) is 5.73 Å². The third-order valence-electron chi connectivity index (χ3n) is 2.35. The summed E-state index contributed by atoms with van der Waals surface area (Å²) in [6, 6.07) is 1.84. The Kier molecular flexibility index (Phi) is 5.10. The minimum atomic E-state index is -0.0912. The smallest absolute Gasteiger partial charge is 0.262 e. The van der Waals surface area contributed by atoms with Gasteiger partial charge >= 0.3 is 0 Å². The van der Waals surface area contributed by atoms with Crippen molar-refractivity contribution in [2.45, 2.75) is 6.42 Å². The van der Waals surface area contributed by atoms with Gasteiger partial charge in [-0.2, -0.15) is 0 Å². The van der Waals surface area contributed by atoms with Gasteiger partial charge in [-0.05, 0) is 11.4 Å². The second kappa shape index (κ2) is 7.04. The Morgan fingerprint density at radius 2 is 2.42 bits per heavy atom. The van der Waals surface area contributed by atoms with Crippen LogP contribution < -0.4 is 11.1 Å². The average Bonchev–Trinajstić information content (AvgIpc) is 3.07. The highest BCUT2D eigenvalue weighted by Crippen LogP contribution is 2.15. The van der Waals surface area contributed by atoms with Gasteiger partial charge in [0.25, 0.3) is 5.91 Å². The zero-order valence-corrected chi connectivity index (χ0v) is 11.8. The summed E-state index contributed by atoms with van der Waals surface area (Å²) in [5, 5.41) is 6.72. The third-order valence-corrected chi connectivity index (χ3v) is 3.90. The monoisotopic (exact) mass is 291 g/mol. The number of nitrogens with two attached hydrogens (primary N) is 1. The van der Waals surface area contributed by atoms with Crippen LogP contribution >= 0.6 is 22.7 Å². The maximum atomic E-state index is 12.0. The molecule has 4 nitrogen and oxygen atoms in total. The lowest BCUT2D eigenvalue weighted by Gasteiger charge is -2.02. The quantitative estimate of drug-likeness (QED) is 0.839. The van der Waals surface area contributed by atoms with Gasteiger partial charge in [0, 0.05) is 23.9 Å². The van der Waals surface area contributed by atoms with Crippen LogP contribution in [0.2, 0.25) is 0 Å². The number of carbonyl (C=O) groups excluding carboxylic acids is 1. The molecule has 0 unspecified atom stereocenters. The number of hydrogen-bond donors (Lipinski definition) is 2. The topological polar surface area (TPSA) is 68.0 Å². The summed E-state index contributed by atoms with van der Waals surface area (Å²) in [6.45, 7) is 0.866. The van der Waals surface area contributed by atoms with E-state index in [1.165, 1.54) is 11.3 Å². The molecule has 0 spiro atoms. The van der Waals surface area contributed by atoms with Crippen LogP contribution in [0.5, 0.6) is 0 Å². The van der Waals surface area contributed by atoms with E-state index in [1.807, 2.05) is 16.8 Å². The van der Waals surface area contributed by atoms with Gasteiger partial charge in [-0.25, -0.2) is 4.98 Å². The molecule has 1 amide bonds. The lowest BCUT2D eigenvalue weighted by atomic mass is 10.2. The van der Waals surface area contributed by atoms with Crippen LogP contribution in [0, 0.1) is 11.8 Å². The summed E-state index contributed by atoms with van der Waals surface area (Å²) in [6.07, 6.45) is 0.741. The Bertz CT molecular complexity index is 593. The minimum Gasteiger partial charge on any atom is -0.351 e. The Morgan fingerprint density at radius 1 is 1.53 bits per heavy atom. The molecule has 3 N–H and O–H groups in total. The fourth-order valence-corrected chi connectivity index (χ4v) is 2.83. The Hall–Kier alpha value is -1.68. The van der Waals surface area contributed by atoms with Crippen LogP contribution in [0.15, 0.2) is 22.3 Å². The van der Waals surface area contributed by atoms with Gasteiger partial charge in [-0.1, -0.05) is 11.8 Å². The highest BCUT2D eigenvalue weighted by Gasteiger charge is 2.11. The van der Waals surface area contributed by atoms with Crippen molar-refractivity contribution < 1.29 is 4.79 Å². The first-order valence-electron chi connectivity index (χ1n) is 5.73. The fraction of sp³-hybridized carbons (Fsp3) is 0.231. The SMILES string of the molecule is NCC#Cc1ccsc1C(=O)NCCc1cscn1. The summed E-state index contributed by atoms with van der Waals surface area (Å²) in [4.78, 5) is 16.8. The van der Waals surface area contributed by atoms with Crippen LogP contribution in [-0.4, -0.2) is 24.0 Å². The van der Waals surface area contributed by atoms with Crippen molar-refractivity contribution in [2.75, 3.05) is 13.1 Å². The summed E-state index contributed by atoms with van der Waals surface area (Å²) in [5.41, 5.74) is 8.85. The zero-order chi connectivity index (χ0) is 13.5. The van der Waals surface area contributed by atoms with Crippen molar-refractivity contribution >= 4 is 28.6 Å². The van der Waals surface area contributed by atoms with Gasteiger partial charge in [0.2, 0.25) is 0 Å². The van der Waals surface area contributed by atoms with Gasteiger partial charge in [0.15, 0.2) is 0 Å². The molecule has 2 heterocycles. The number of thiazole rings is 1. The maximum absolute atomic E-state index is 12.0. The molecular weight excluding hydrogens is 278 g/mol. The first-order valence-corrected chi connectivity index (χ1v) is 7.55. The second-order valence-corrected chi connectivity index (χ2v) is 5.29. The van der Waals surface area contributed by atoms with Crippen LogP contribution in [0.4, 0.5) is 0 Å². The molecule has 19 heavy (non-hydrogen) atoms. The van der Waals surface area contributed by atoms with Crippen LogP contribution in [0.1, 0.15) is 20.9 Å². The molecule has 0 radical (unpaired) electrons. The van der Waals surface area contributed by atoms with Gasteiger partial charge in [-0.3, -0.25) is 4.79 Å². The van der Waals surface area contributed by atoms with Crippen LogP contribution in [-0.2, 0) is 6.42 Å². The number of carbonyl (C=O) groups is 1. The molecular formula is C13H13N3OS2. The molecule has 2 rings (SSSR count). The number of rotatable bonds is 4. The molecule has 0 aromatic carbocycles. The first-order chi connectivity index (χ1) is 9.31. The van der Waals surface area contributed by atoms with Crippen molar-refractivity contribution in [1.29, 1.82) is 0 Å². The molecule has 0 fully saturated rings. The molecule has 2 aromatic rings. The molecule has 2 aromatic heterocycles. The van der Waals surface area contributed by atoms with Gasteiger partial charge in [-0.15, -0.1) is 22.7 Å². The number of nitrogens with one attached hydrogen (secondary N) is 1. The Labute approximate surface area is 119 Å². The van der Waals surface area contributed by atoms with E-state index in [-0.39, 0.29) is 5.91 Å². The van der Waals surface area contributed by atoms with Crippen LogP contribution in [0.25, 0.3) is 0 Å². The van der Waals surface area contributed by atoms with Crippen LogP contribution in [0.3, 0.4) is 0 Å². The predicted molar refractivity (Wildman–Crippen MR) is 78.4 cm³/mol. The lowest BCUT2D eigenvalue weighted by molar-refractivity contribution is 0.0958. The van der Waals surface area contributed by atoms with Crippen molar-refractivity contribution in [3.63, 3.8) is 0 Å². The number of thiophene rings is 1. The van der Waals surface area contributed by atoms with E-state index >= 15 is 0 Å². The molecule has 0 saturated carbocycles. The number of nitrogens with zero attached hydrogens (tertiary/aromatic N) is 1. The normalized spacial score (nSPS) is 9.74. The maximum Gasteiger partial charge on any atom is 0.262 e. The van der Waals surface area contributed by atoms with E-state index in [0.29, 0.717) is 18.0 Å². The molecule has 0 aliphatic carbocycles. The lowest BCUT2D eigenvalue weighted by Crippen LogP contribution is -2.25. The second-order valence-electron chi connectivity index (χ2n) is 3.65. The molecule has 98 valence electrons. The number of amides is 1. The van der Waals surface area contributed by atoms with E-state index in [2.05, 4.69) is 22.1 Å². The van der Waals surface area contributed by atoms with Gasteiger partial charge < -0.3 is 11.1 Å². The summed E-state index contributed by atoms with van der Waals surface area (Å²) >= 11 is 2.94. The molecule has 6 heteroatoms. The molecule has 0 aliphatic rings. The Balaban J connectivity index is 1.91. The highest BCUT2D eigenvalue weighted by molar-refractivity contribution is 7.12. The van der Waals surface area contributed by atoms with Gasteiger partial charge in [0.1, 0.15) is 4.88 Å². The van der Waals surface area contributed by atoms with E-state index in [0.717, 1.165) is 17.7 Å². The van der Waals surface area contributed by atoms with Crippen molar-refractivity contribution in [3.05, 3.63) is 38.5 Å². The average molecular weight is 291 g/mol. The minimum absolute atomic E-state index is 0.0912. The van der Waals surface area contributed by atoms with Gasteiger partial charge in [0.05, 0.1) is 17.7 Å². The largest absolute Gasteiger partial charge is 0.351 e. The molecule has 0 atom stereocenters. The predicted octanol–water partition coefficient (Wildman–Crippen LogP) is 1.49. The molecule has 0 saturated heterocycles. The van der Waals surface area contributed by atoms with E-state index in [1.54, 1.807) is 16.8 Å². The number of aromatic nitrogens is 1. The zero-order valence-electron chi connectivity index (χ0n) is 10.2. The highest BCUT2D eigenvalue weighted by atomic mass is 32.1. The van der Waals surface area contributed by atoms with Crippen molar-refractivity contribution in [1.82, 2.24) is 10.3 Å².